The molecule has 3 aliphatic heterocycles. The molecule has 13 nitrogen and oxygen atoms in total. The number of nitrogens with one attached hydrogen (secondary N) is 1. The average molecular weight is 685 g/mol. The number of aryl methyl sites for hydroxylation is 2. The van der Waals surface area contributed by atoms with Gasteiger partial charge in [0.05, 0.1) is 29.2 Å². The van der Waals surface area contributed by atoms with E-state index in [4.69, 9.17) is 10.5 Å². The molecule has 0 bridgehead atoms. The summed E-state index contributed by atoms with van der Waals surface area (Å²) in [6.45, 7) is 6.34. The molecule has 2 aromatic heterocycles. The van der Waals surface area contributed by atoms with Gasteiger partial charge >= 0.3 is 6.03 Å². The van der Waals surface area contributed by atoms with Gasteiger partial charge in [-0.2, -0.15) is 10.2 Å². The highest BCUT2D eigenvalue weighted by molar-refractivity contribution is 6.09. The smallest absolute Gasteiger partial charge is 0.329 e. The van der Waals surface area contributed by atoms with Gasteiger partial charge in [0.2, 0.25) is 5.91 Å². The predicted octanol–water partition coefficient (Wildman–Crippen LogP) is 4.11. The Labute approximate surface area is 290 Å². The Balaban J connectivity index is 0.899. The Hall–Kier alpha value is -4.85. The molecular formula is C36H45FN10O3. The van der Waals surface area contributed by atoms with Crippen LogP contribution < -0.4 is 30.5 Å². The van der Waals surface area contributed by atoms with Gasteiger partial charge in [-0.3, -0.25) is 29.3 Å². The van der Waals surface area contributed by atoms with E-state index in [1.165, 1.54) is 17.4 Å². The minimum Gasteiger partial charge on any atom is -0.488 e. The van der Waals surface area contributed by atoms with Crippen LogP contribution in [0.2, 0.25) is 0 Å². The highest BCUT2D eigenvalue weighted by Crippen LogP contribution is 2.41. The first kappa shape index (κ1) is 32.4. The number of piperazine rings is 1. The van der Waals surface area contributed by atoms with E-state index in [9.17, 15) is 9.59 Å². The average Bonchev–Trinajstić information content (AvgIpc) is 3.65. The van der Waals surface area contributed by atoms with Crippen LogP contribution in [0.25, 0.3) is 22.0 Å². The lowest BCUT2D eigenvalue weighted by Crippen LogP contribution is -2.49. The van der Waals surface area contributed by atoms with Crippen LogP contribution in [0.3, 0.4) is 0 Å². The molecule has 0 spiro atoms. The second kappa shape index (κ2) is 13.1. The molecule has 0 unspecified atom stereocenters. The number of hydrogen-bond donors (Lipinski definition) is 2. The zero-order chi connectivity index (χ0) is 34.5. The number of ether oxygens (including phenoxy) is 1. The van der Waals surface area contributed by atoms with Gasteiger partial charge in [0.1, 0.15) is 11.6 Å². The summed E-state index contributed by atoms with van der Waals surface area (Å²) in [7, 11) is 3.72. The van der Waals surface area contributed by atoms with Crippen molar-refractivity contribution in [1.82, 2.24) is 29.8 Å². The monoisotopic (exact) mass is 684 g/mol. The molecule has 8 rings (SSSR count). The van der Waals surface area contributed by atoms with Crippen molar-refractivity contribution in [2.24, 2.45) is 20.0 Å². The lowest BCUT2D eigenvalue weighted by Gasteiger charge is -2.40. The van der Waals surface area contributed by atoms with Crippen molar-refractivity contribution >= 4 is 45.7 Å². The first-order chi connectivity index (χ1) is 24.2. The fraction of sp³-hybridized carbons (Fsp3) is 0.500. The molecule has 3 amide bonds. The molecule has 4 fully saturated rings. The SMILES string of the molecule is Cn1cc(-c2cc(N)c(OC3CCC3)cc2N2CCC(CN3CCN(c4cc5c(cc4F)c(N4CCC(=O)NC4=O)nn5C)CC3)CC2)cn1. The fourth-order valence-corrected chi connectivity index (χ4v) is 7.76. The van der Waals surface area contributed by atoms with E-state index in [0.29, 0.717) is 28.5 Å². The van der Waals surface area contributed by atoms with E-state index in [1.54, 1.807) is 11.7 Å². The van der Waals surface area contributed by atoms with Crippen LogP contribution in [0.1, 0.15) is 38.5 Å². The Morgan fingerprint density at radius 1 is 0.940 bits per heavy atom. The van der Waals surface area contributed by atoms with E-state index in [1.807, 2.05) is 30.2 Å². The number of halogens is 1. The van der Waals surface area contributed by atoms with Gasteiger partial charge in [0.25, 0.3) is 0 Å². The molecule has 1 aliphatic carbocycles. The molecule has 4 aliphatic rings. The van der Waals surface area contributed by atoms with Gasteiger partial charge in [-0.15, -0.1) is 0 Å². The van der Waals surface area contributed by atoms with Crippen molar-refractivity contribution in [1.29, 1.82) is 0 Å². The van der Waals surface area contributed by atoms with E-state index >= 15 is 4.39 Å². The topological polar surface area (TPSA) is 130 Å². The number of carbonyl (C=O) groups excluding carboxylic acids is 2. The maximum absolute atomic E-state index is 15.6. The summed E-state index contributed by atoms with van der Waals surface area (Å²) in [5, 5.41) is 11.8. The van der Waals surface area contributed by atoms with Crippen LogP contribution in [0.5, 0.6) is 5.75 Å². The highest BCUT2D eigenvalue weighted by atomic mass is 19.1. The Kier molecular flexibility index (Phi) is 8.49. The molecule has 1 saturated carbocycles. The van der Waals surface area contributed by atoms with Crippen LogP contribution in [-0.2, 0) is 18.9 Å². The number of nitrogen functional groups attached to an aromatic ring is 1. The van der Waals surface area contributed by atoms with Crippen LogP contribution in [0, 0.1) is 11.7 Å². The van der Waals surface area contributed by atoms with E-state index in [2.05, 4.69) is 42.3 Å². The third-order valence-electron chi connectivity index (χ3n) is 10.9. The number of piperidine rings is 1. The Morgan fingerprint density at radius 3 is 2.38 bits per heavy atom. The number of benzene rings is 2. The maximum atomic E-state index is 15.6. The molecule has 5 heterocycles. The van der Waals surface area contributed by atoms with E-state index in [-0.39, 0.29) is 30.8 Å². The number of nitrogens with two attached hydrogens (primary N) is 1. The summed E-state index contributed by atoms with van der Waals surface area (Å²) in [6.07, 6.45) is 9.92. The zero-order valence-corrected chi connectivity index (χ0v) is 28.8. The summed E-state index contributed by atoms with van der Waals surface area (Å²) in [4.78, 5) is 32.6. The fourth-order valence-electron chi connectivity index (χ4n) is 7.76. The third kappa shape index (κ3) is 6.21. The molecule has 4 aromatic rings. The number of aromatic nitrogens is 4. The normalized spacial score (nSPS) is 19.7. The number of carbonyl (C=O) groups is 2. The number of fused-ring (bicyclic) bond motifs is 1. The van der Waals surface area contributed by atoms with Crippen molar-refractivity contribution in [2.45, 2.75) is 44.6 Å². The molecule has 3 saturated heterocycles. The quantitative estimate of drug-likeness (QED) is 0.264. The summed E-state index contributed by atoms with van der Waals surface area (Å²) < 4.78 is 25.4. The number of nitrogens with zero attached hydrogens (tertiary/aromatic N) is 8. The third-order valence-corrected chi connectivity index (χ3v) is 10.9. The van der Waals surface area contributed by atoms with Crippen molar-refractivity contribution < 1.29 is 18.7 Å². The second-order valence-corrected chi connectivity index (χ2v) is 14.2. The number of anilines is 4. The minimum absolute atomic E-state index is 0.181. The highest BCUT2D eigenvalue weighted by Gasteiger charge is 2.31. The van der Waals surface area contributed by atoms with E-state index in [0.717, 1.165) is 99.6 Å². The van der Waals surface area contributed by atoms with Crippen molar-refractivity contribution in [3.8, 4) is 16.9 Å². The van der Waals surface area contributed by atoms with Gasteiger partial charge in [0.15, 0.2) is 5.82 Å². The number of rotatable bonds is 8. The molecule has 14 heteroatoms. The lowest BCUT2D eigenvalue weighted by molar-refractivity contribution is -0.120. The molecule has 264 valence electrons. The first-order valence-corrected chi connectivity index (χ1v) is 17.8. The molecule has 3 N–H and O–H groups in total. The number of urea groups is 1. The van der Waals surface area contributed by atoms with Crippen LogP contribution in [-0.4, -0.2) is 94.9 Å². The Bertz CT molecular complexity index is 1920. The van der Waals surface area contributed by atoms with Gasteiger partial charge in [-0.25, -0.2) is 9.18 Å². The van der Waals surface area contributed by atoms with Crippen molar-refractivity contribution in [2.75, 3.05) is 72.8 Å². The van der Waals surface area contributed by atoms with Crippen LogP contribution >= 0.6 is 0 Å². The van der Waals surface area contributed by atoms with Crippen molar-refractivity contribution in [3.63, 3.8) is 0 Å². The summed E-state index contributed by atoms with van der Waals surface area (Å²) in [5.41, 5.74) is 11.8. The van der Waals surface area contributed by atoms with Gasteiger partial charge in [0, 0.05) is 107 Å². The predicted molar refractivity (Wildman–Crippen MR) is 191 cm³/mol. The van der Waals surface area contributed by atoms with Crippen molar-refractivity contribution in [3.05, 3.63) is 42.5 Å². The molecular weight excluding hydrogens is 639 g/mol. The summed E-state index contributed by atoms with van der Waals surface area (Å²) >= 11 is 0. The maximum Gasteiger partial charge on any atom is 0.329 e. The second-order valence-electron chi connectivity index (χ2n) is 14.2. The molecule has 0 radical (unpaired) electrons. The van der Waals surface area contributed by atoms with Gasteiger partial charge in [-0.1, -0.05) is 0 Å². The van der Waals surface area contributed by atoms with Crippen LogP contribution in [0.4, 0.5) is 32.1 Å². The van der Waals surface area contributed by atoms with Gasteiger partial charge < -0.3 is 20.3 Å². The standard InChI is InChI=1S/C36H45FN10O3/c1-42-22-24(20-39-42)26-17-29(38)33(50-25-4-3-5-25)19-31(26)45-9-6-23(7-10-45)21-44-12-14-46(15-13-44)32-18-30-27(16-28(32)37)35(41-43(30)2)47-11-8-34(48)40-36(47)49/h16-20,22-23,25H,3-15,21,38H2,1-2H3,(H,40,48,49). The van der Waals surface area contributed by atoms with E-state index < -0.39 is 6.03 Å². The number of amides is 3. The first-order valence-electron chi connectivity index (χ1n) is 17.8. The molecule has 0 atom stereocenters. The summed E-state index contributed by atoms with van der Waals surface area (Å²) in [6, 6.07) is 6.97. The van der Waals surface area contributed by atoms with Crippen LogP contribution in [0.15, 0.2) is 36.7 Å². The Morgan fingerprint density at radius 2 is 1.70 bits per heavy atom. The zero-order valence-electron chi connectivity index (χ0n) is 28.8. The minimum atomic E-state index is -0.532. The number of hydrogen-bond acceptors (Lipinski definition) is 9. The molecule has 50 heavy (non-hydrogen) atoms. The largest absolute Gasteiger partial charge is 0.488 e. The molecule has 2 aromatic carbocycles. The van der Waals surface area contributed by atoms with Gasteiger partial charge in [-0.05, 0) is 56.2 Å². The number of imide groups is 1. The lowest BCUT2D eigenvalue weighted by atomic mass is 9.94. The summed E-state index contributed by atoms with van der Waals surface area (Å²) in [5.74, 6) is 1.07.